The number of nitrogens with one attached hydrogen (secondary N) is 1. The number of hydrogen-bond acceptors (Lipinski definition) is 4. The van der Waals surface area contributed by atoms with Crippen LogP contribution in [0.15, 0.2) is 83.9 Å². The van der Waals surface area contributed by atoms with Gasteiger partial charge in [0.1, 0.15) is 5.69 Å². The Kier molecular flexibility index (Phi) is 4.49. The summed E-state index contributed by atoms with van der Waals surface area (Å²) in [6.07, 6.45) is 1.64. The molecule has 0 bridgehead atoms. The minimum absolute atomic E-state index is 0.222. The van der Waals surface area contributed by atoms with E-state index in [2.05, 4.69) is 22.0 Å². The van der Waals surface area contributed by atoms with Crippen LogP contribution in [0.4, 0.5) is 0 Å². The lowest BCUT2D eigenvalue weighted by molar-refractivity contribution is 0.0959. The molecule has 5 nitrogen and oxygen atoms in total. The van der Waals surface area contributed by atoms with Crippen molar-refractivity contribution in [3.8, 4) is 22.5 Å². The highest BCUT2D eigenvalue weighted by Gasteiger charge is 2.21. The van der Waals surface area contributed by atoms with Gasteiger partial charge in [-0.15, -0.1) is 6.58 Å². The van der Waals surface area contributed by atoms with E-state index in [1.165, 1.54) is 0 Å². The summed E-state index contributed by atoms with van der Waals surface area (Å²) in [6.45, 7) is 4.02. The Bertz CT molecular complexity index is 1100. The number of rotatable bonds is 5. The zero-order valence-corrected chi connectivity index (χ0v) is 14.6. The Labute approximate surface area is 156 Å². The molecule has 0 saturated heterocycles. The molecule has 0 aliphatic rings. The van der Waals surface area contributed by atoms with Gasteiger partial charge in [-0.25, -0.2) is 4.98 Å². The summed E-state index contributed by atoms with van der Waals surface area (Å²) >= 11 is 0. The third-order valence-electron chi connectivity index (χ3n) is 4.21. The van der Waals surface area contributed by atoms with Crippen LogP contribution in [0, 0.1) is 0 Å². The van der Waals surface area contributed by atoms with Crippen LogP contribution < -0.4 is 5.32 Å². The summed E-state index contributed by atoms with van der Waals surface area (Å²) in [7, 11) is 0. The molecule has 0 aliphatic carbocycles. The monoisotopic (exact) mass is 355 g/mol. The number of carbonyl (C=O) groups is 1. The lowest BCUT2D eigenvalue weighted by Crippen LogP contribution is -2.23. The number of carbonyl (C=O) groups excluding carboxylic acids is 1. The standard InChI is InChI=1S/C22H17N3O2/c1-2-13-23-21(26)17-14-18(15-9-5-3-6-10-15)24-22-19(17)20(25-27-22)16-11-7-4-8-12-16/h2-12,14H,1,13H2,(H,23,26). The number of pyridine rings is 1. The number of aromatic nitrogens is 2. The Hall–Kier alpha value is -3.73. The Balaban J connectivity index is 1.94. The third kappa shape index (κ3) is 3.22. The maximum atomic E-state index is 12.8. The van der Waals surface area contributed by atoms with Gasteiger partial charge in [-0.1, -0.05) is 71.9 Å². The fourth-order valence-electron chi connectivity index (χ4n) is 2.94. The normalized spacial score (nSPS) is 10.7. The summed E-state index contributed by atoms with van der Waals surface area (Å²) in [6, 6.07) is 21.0. The van der Waals surface area contributed by atoms with Crippen molar-refractivity contribution in [3.05, 3.63) is 84.9 Å². The summed E-state index contributed by atoms with van der Waals surface area (Å²) in [5.41, 5.74) is 3.82. The molecule has 132 valence electrons. The van der Waals surface area contributed by atoms with Gasteiger partial charge in [0.15, 0.2) is 0 Å². The third-order valence-corrected chi connectivity index (χ3v) is 4.21. The van der Waals surface area contributed by atoms with Crippen LogP contribution in [0.25, 0.3) is 33.6 Å². The Morgan fingerprint density at radius 1 is 1.04 bits per heavy atom. The van der Waals surface area contributed by atoms with Gasteiger partial charge in [0.25, 0.3) is 11.6 Å². The zero-order valence-electron chi connectivity index (χ0n) is 14.6. The van der Waals surface area contributed by atoms with Crippen LogP contribution in [0.5, 0.6) is 0 Å². The first-order chi connectivity index (χ1) is 13.3. The van der Waals surface area contributed by atoms with Crippen LogP contribution in [0.1, 0.15) is 10.4 Å². The zero-order chi connectivity index (χ0) is 18.6. The van der Waals surface area contributed by atoms with E-state index >= 15 is 0 Å². The van der Waals surface area contributed by atoms with Gasteiger partial charge in [0, 0.05) is 17.7 Å². The summed E-state index contributed by atoms with van der Waals surface area (Å²) < 4.78 is 5.50. The molecule has 2 aromatic heterocycles. The first kappa shape index (κ1) is 16.7. The maximum absolute atomic E-state index is 12.8. The van der Waals surface area contributed by atoms with Crippen LogP contribution in [0.2, 0.25) is 0 Å². The first-order valence-corrected chi connectivity index (χ1v) is 8.58. The molecule has 5 heteroatoms. The highest BCUT2D eigenvalue weighted by molar-refractivity contribution is 6.10. The highest BCUT2D eigenvalue weighted by atomic mass is 16.5. The van der Waals surface area contributed by atoms with E-state index in [9.17, 15) is 4.79 Å². The summed E-state index contributed by atoms with van der Waals surface area (Å²) in [5.74, 6) is -0.222. The van der Waals surface area contributed by atoms with Crippen LogP contribution >= 0.6 is 0 Å². The van der Waals surface area contributed by atoms with E-state index in [0.29, 0.717) is 34.6 Å². The van der Waals surface area contributed by atoms with Gasteiger partial charge in [-0.3, -0.25) is 4.79 Å². The molecule has 0 aliphatic heterocycles. The molecule has 2 heterocycles. The van der Waals surface area contributed by atoms with Crippen molar-refractivity contribution in [2.75, 3.05) is 6.54 Å². The lowest BCUT2D eigenvalue weighted by atomic mass is 10.0. The Morgan fingerprint density at radius 2 is 1.70 bits per heavy atom. The van der Waals surface area contributed by atoms with E-state index in [-0.39, 0.29) is 5.91 Å². The second kappa shape index (κ2) is 7.25. The lowest BCUT2D eigenvalue weighted by Gasteiger charge is -2.08. The number of amides is 1. The van der Waals surface area contributed by atoms with E-state index in [0.717, 1.165) is 11.1 Å². The van der Waals surface area contributed by atoms with Crippen LogP contribution in [-0.4, -0.2) is 22.6 Å². The first-order valence-electron chi connectivity index (χ1n) is 8.58. The van der Waals surface area contributed by atoms with Gasteiger partial charge in [0.2, 0.25) is 0 Å². The van der Waals surface area contributed by atoms with Crippen molar-refractivity contribution in [3.63, 3.8) is 0 Å². The second-order valence-corrected chi connectivity index (χ2v) is 6.00. The van der Waals surface area contributed by atoms with Gasteiger partial charge < -0.3 is 9.84 Å². The molecule has 1 amide bonds. The molecule has 27 heavy (non-hydrogen) atoms. The summed E-state index contributed by atoms with van der Waals surface area (Å²) in [5, 5.41) is 7.62. The molecular formula is C22H17N3O2. The van der Waals surface area contributed by atoms with Crippen molar-refractivity contribution in [2.24, 2.45) is 0 Å². The van der Waals surface area contributed by atoms with Gasteiger partial charge in [-0.2, -0.15) is 0 Å². The van der Waals surface area contributed by atoms with Crippen molar-refractivity contribution in [2.45, 2.75) is 0 Å². The molecule has 1 N–H and O–H groups in total. The van der Waals surface area contributed by atoms with Crippen LogP contribution in [-0.2, 0) is 0 Å². The maximum Gasteiger partial charge on any atom is 0.259 e. The van der Waals surface area contributed by atoms with Crippen molar-refractivity contribution in [1.29, 1.82) is 0 Å². The minimum atomic E-state index is -0.222. The molecule has 0 atom stereocenters. The van der Waals surface area contributed by atoms with Gasteiger partial charge >= 0.3 is 0 Å². The highest BCUT2D eigenvalue weighted by Crippen LogP contribution is 2.32. The largest absolute Gasteiger partial charge is 0.349 e. The predicted molar refractivity (Wildman–Crippen MR) is 105 cm³/mol. The quantitative estimate of drug-likeness (QED) is 0.536. The smallest absolute Gasteiger partial charge is 0.259 e. The topological polar surface area (TPSA) is 68.0 Å². The summed E-state index contributed by atoms with van der Waals surface area (Å²) in [4.78, 5) is 17.4. The number of nitrogens with zero attached hydrogens (tertiary/aromatic N) is 2. The Morgan fingerprint density at radius 3 is 2.37 bits per heavy atom. The predicted octanol–water partition coefficient (Wildman–Crippen LogP) is 4.47. The molecule has 2 aromatic carbocycles. The SMILES string of the molecule is C=CCNC(=O)c1cc(-c2ccccc2)nc2onc(-c3ccccc3)c12. The van der Waals surface area contributed by atoms with E-state index in [1.807, 2.05) is 60.7 Å². The molecule has 0 saturated carbocycles. The minimum Gasteiger partial charge on any atom is -0.349 e. The molecule has 0 fully saturated rings. The number of benzene rings is 2. The van der Waals surface area contributed by atoms with E-state index in [4.69, 9.17) is 4.52 Å². The average molecular weight is 355 g/mol. The fourth-order valence-corrected chi connectivity index (χ4v) is 2.94. The van der Waals surface area contributed by atoms with Gasteiger partial charge in [0.05, 0.1) is 16.6 Å². The van der Waals surface area contributed by atoms with Crippen molar-refractivity contribution < 1.29 is 9.32 Å². The van der Waals surface area contributed by atoms with E-state index < -0.39 is 0 Å². The molecule has 0 radical (unpaired) electrons. The van der Waals surface area contributed by atoms with Crippen molar-refractivity contribution in [1.82, 2.24) is 15.5 Å². The van der Waals surface area contributed by atoms with Crippen molar-refractivity contribution >= 4 is 17.0 Å². The molecule has 4 rings (SSSR count). The molecular weight excluding hydrogens is 338 g/mol. The molecule has 4 aromatic rings. The van der Waals surface area contributed by atoms with Gasteiger partial charge in [-0.05, 0) is 6.07 Å². The number of fused-ring (bicyclic) bond motifs is 1. The molecule has 0 spiro atoms. The number of hydrogen-bond donors (Lipinski definition) is 1. The second-order valence-electron chi connectivity index (χ2n) is 6.00. The van der Waals surface area contributed by atoms with Crippen LogP contribution in [0.3, 0.4) is 0 Å². The fraction of sp³-hybridized carbons (Fsp3) is 0.0455. The molecule has 0 unspecified atom stereocenters. The van der Waals surface area contributed by atoms with E-state index in [1.54, 1.807) is 12.1 Å². The average Bonchev–Trinajstić information content (AvgIpc) is 3.16.